The largest absolute Gasteiger partial charge is 0.307 e. The maximum absolute atomic E-state index is 12.9. The molecule has 0 radical (unpaired) electrons. The van der Waals surface area contributed by atoms with Gasteiger partial charge in [0.05, 0.1) is 10.7 Å². The summed E-state index contributed by atoms with van der Waals surface area (Å²) in [5, 5.41) is 1.38. The maximum Gasteiger partial charge on any atom is 0.232 e. The van der Waals surface area contributed by atoms with Gasteiger partial charge in [0.15, 0.2) is 0 Å². The molecule has 2 nitrogen and oxygen atoms in total. The van der Waals surface area contributed by atoms with Crippen LogP contribution in [0.4, 0.5) is 5.69 Å². The Hall–Kier alpha value is -1.16. The SMILES string of the molecule is CC.CC(C)(C)C(=O)N(c1ccc(CSc2ccc(Cl)cc2)cc1Cl)C1CC1. The maximum atomic E-state index is 12.9. The molecule has 1 aliphatic rings. The van der Waals surface area contributed by atoms with Gasteiger partial charge >= 0.3 is 0 Å². The molecule has 0 aromatic heterocycles. The Kier molecular flexibility index (Phi) is 8.30. The first kappa shape index (κ1) is 23.1. The summed E-state index contributed by atoms with van der Waals surface area (Å²) in [6.07, 6.45) is 2.10. The number of halogens is 2. The Balaban J connectivity index is 0.00000136. The number of carbonyl (C=O) groups excluding carboxylic acids is 1. The predicted octanol–water partition coefficient (Wildman–Crippen LogP) is 7.85. The zero-order valence-corrected chi connectivity index (χ0v) is 19.6. The molecule has 1 saturated carbocycles. The molecule has 1 aliphatic carbocycles. The van der Waals surface area contributed by atoms with Crippen molar-refractivity contribution in [2.24, 2.45) is 5.41 Å². The van der Waals surface area contributed by atoms with Gasteiger partial charge in [0, 0.05) is 27.1 Å². The van der Waals surface area contributed by atoms with Crippen molar-refractivity contribution in [2.45, 2.75) is 64.2 Å². The Bertz CT molecular complexity index is 795. The first-order valence-corrected chi connectivity index (χ1v) is 11.5. The van der Waals surface area contributed by atoms with E-state index in [1.807, 2.05) is 75.9 Å². The van der Waals surface area contributed by atoms with Gasteiger partial charge in [0.2, 0.25) is 5.91 Å². The van der Waals surface area contributed by atoms with Gasteiger partial charge < -0.3 is 4.90 Å². The number of benzene rings is 2. The molecular formula is C23H29Cl2NOS. The minimum absolute atomic E-state index is 0.130. The van der Waals surface area contributed by atoms with Gasteiger partial charge in [-0.3, -0.25) is 4.79 Å². The van der Waals surface area contributed by atoms with E-state index < -0.39 is 5.41 Å². The van der Waals surface area contributed by atoms with Crippen LogP contribution in [0.2, 0.25) is 10.0 Å². The summed E-state index contributed by atoms with van der Waals surface area (Å²) < 4.78 is 0. The van der Waals surface area contributed by atoms with E-state index in [9.17, 15) is 4.79 Å². The van der Waals surface area contributed by atoms with Gasteiger partial charge in [-0.25, -0.2) is 0 Å². The third-order valence-corrected chi connectivity index (χ3v) is 5.90. The summed E-state index contributed by atoms with van der Waals surface area (Å²) in [6.45, 7) is 9.86. The van der Waals surface area contributed by atoms with Crippen molar-refractivity contribution in [3.8, 4) is 0 Å². The zero-order valence-electron chi connectivity index (χ0n) is 17.3. The van der Waals surface area contributed by atoms with Crippen LogP contribution in [0.3, 0.4) is 0 Å². The summed E-state index contributed by atoms with van der Waals surface area (Å²) in [5.41, 5.74) is 1.54. The highest BCUT2D eigenvalue weighted by Crippen LogP contribution is 2.39. The van der Waals surface area contributed by atoms with Crippen LogP contribution in [-0.4, -0.2) is 11.9 Å². The normalized spacial score (nSPS) is 13.5. The van der Waals surface area contributed by atoms with Gasteiger partial charge in [0.25, 0.3) is 0 Å². The standard InChI is InChI=1S/C21H23Cl2NOS.C2H6/c1-21(2,3)20(25)24(16-7-8-16)19-11-4-14(12-18(19)23)13-26-17-9-5-15(22)6-10-17;1-2/h4-6,9-12,16H,7-8,13H2,1-3H3;1-2H3. The van der Waals surface area contributed by atoms with E-state index in [1.54, 1.807) is 11.8 Å². The highest BCUT2D eigenvalue weighted by Gasteiger charge is 2.39. The molecule has 0 heterocycles. The molecule has 0 spiro atoms. The van der Waals surface area contributed by atoms with Crippen molar-refractivity contribution in [3.63, 3.8) is 0 Å². The third kappa shape index (κ3) is 6.17. The summed E-state index contributed by atoms with van der Waals surface area (Å²) in [6, 6.07) is 14.1. The van der Waals surface area contributed by atoms with Crippen LogP contribution in [0.1, 0.15) is 53.0 Å². The molecule has 152 valence electrons. The van der Waals surface area contributed by atoms with Crippen molar-refractivity contribution in [1.82, 2.24) is 0 Å². The number of thioether (sulfide) groups is 1. The van der Waals surface area contributed by atoms with Crippen LogP contribution in [0.25, 0.3) is 0 Å². The fourth-order valence-electron chi connectivity index (χ4n) is 2.70. The second kappa shape index (κ2) is 10.0. The molecule has 1 amide bonds. The number of anilines is 1. The van der Waals surface area contributed by atoms with Crippen LogP contribution < -0.4 is 4.90 Å². The van der Waals surface area contributed by atoms with E-state index in [4.69, 9.17) is 23.2 Å². The van der Waals surface area contributed by atoms with Gasteiger partial charge in [0.1, 0.15) is 0 Å². The molecule has 2 aromatic carbocycles. The lowest BCUT2D eigenvalue weighted by Gasteiger charge is -2.30. The number of hydrogen-bond acceptors (Lipinski definition) is 2. The third-order valence-electron chi connectivity index (χ3n) is 4.26. The van der Waals surface area contributed by atoms with E-state index in [-0.39, 0.29) is 11.9 Å². The number of carbonyl (C=O) groups is 1. The quantitative estimate of drug-likeness (QED) is 0.443. The zero-order chi connectivity index (χ0) is 20.9. The van der Waals surface area contributed by atoms with E-state index in [1.165, 1.54) is 0 Å². The second-order valence-electron chi connectivity index (χ2n) is 7.68. The number of rotatable bonds is 5. The Labute approximate surface area is 183 Å². The van der Waals surface area contributed by atoms with Gasteiger partial charge in [-0.05, 0) is 54.8 Å². The van der Waals surface area contributed by atoms with Crippen LogP contribution >= 0.6 is 35.0 Å². The minimum Gasteiger partial charge on any atom is -0.307 e. The van der Waals surface area contributed by atoms with Crippen molar-refractivity contribution < 1.29 is 4.79 Å². The second-order valence-corrected chi connectivity index (χ2v) is 9.58. The molecular weight excluding hydrogens is 409 g/mol. The lowest BCUT2D eigenvalue weighted by Crippen LogP contribution is -2.41. The Morgan fingerprint density at radius 1 is 1.07 bits per heavy atom. The average Bonchev–Trinajstić information content (AvgIpc) is 3.49. The molecule has 1 fully saturated rings. The lowest BCUT2D eigenvalue weighted by molar-refractivity contribution is -0.125. The van der Waals surface area contributed by atoms with E-state index >= 15 is 0 Å². The van der Waals surface area contributed by atoms with E-state index in [2.05, 4.69) is 6.07 Å². The monoisotopic (exact) mass is 437 g/mol. The fraction of sp³-hybridized carbons (Fsp3) is 0.435. The summed E-state index contributed by atoms with van der Waals surface area (Å²) in [5.74, 6) is 0.948. The molecule has 0 atom stereocenters. The predicted molar refractivity (Wildman–Crippen MR) is 124 cm³/mol. The number of nitrogens with zero attached hydrogens (tertiary/aromatic N) is 1. The molecule has 5 heteroatoms. The van der Waals surface area contributed by atoms with E-state index in [0.717, 1.165) is 39.8 Å². The van der Waals surface area contributed by atoms with Crippen molar-refractivity contribution >= 4 is 46.6 Å². The number of hydrogen-bond donors (Lipinski definition) is 0. The Morgan fingerprint density at radius 3 is 2.18 bits per heavy atom. The summed E-state index contributed by atoms with van der Waals surface area (Å²) in [7, 11) is 0. The van der Waals surface area contributed by atoms with Crippen molar-refractivity contribution in [2.75, 3.05) is 4.90 Å². The van der Waals surface area contributed by atoms with Gasteiger partial charge in [-0.1, -0.05) is 63.9 Å². The molecule has 0 aliphatic heterocycles. The molecule has 0 saturated heterocycles. The topological polar surface area (TPSA) is 20.3 Å². The summed E-state index contributed by atoms with van der Waals surface area (Å²) >= 11 is 14.2. The van der Waals surface area contributed by atoms with Crippen LogP contribution in [0, 0.1) is 5.41 Å². The van der Waals surface area contributed by atoms with Gasteiger partial charge in [-0.2, -0.15) is 0 Å². The number of amides is 1. The molecule has 0 unspecified atom stereocenters. The molecule has 2 aromatic rings. The van der Waals surface area contributed by atoms with Crippen molar-refractivity contribution in [1.29, 1.82) is 0 Å². The highest BCUT2D eigenvalue weighted by atomic mass is 35.5. The van der Waals surface area contributed by atoms with Crippen LogP contribution in [0.15, 0.2) is 47.4 Å². The van der Waals surface area contributed by atoms with Crippen LogP contribution in [0.5, 0.6) is 0 Å². The minimum atomic E-state index is -0.422. The highest BCUT2D eigenvalue weighted by molar-refractivity contribution is 7.98. The molecule has 0 N–H and O–H groups in total. The lowest BCUT2D eigenvalue weighted by atomic mass is 9.94. The summed E-state index contributed by atoms with van der Waals surface area (Å²) in [4.78, 5) is 15.9. The first-order valence-electron chi connectivity index (χ1n) is 9.76. The molecule has 0 bridgehead atoms. The smallest absolute Gasteiger partial charge is 0.232 e. The first-order chi connectivity index (χ1) is 13.3. The van der Waals surface area contributed by atoms with Crippen LogP contribution in [-0.2, 0) is 10.5 Å². The molecule has 28 heavy (non-hydrogen) atoms. The average molecular weight is 438 g/mol. The fourth-order valence-corrected chi connectivity index (χ4v) is 3.96. The Morgan fingerprint density at radius 2 is 1.68 bits per heavy atom. The molecule has 3 rings (SSSR count). The van der Waals surface area contributed by atoms with E-state index in [0.29, 0.717) is 5.02 Å². The van der Waals surface area contributed by atoms with Gasteiger partial charge in [-0.15, -0.1) is 11.8 Å². The van der Waals surface area contributed by atoms with Crippen molar-refractivity contribution in [3.05, 3.63) is 58.1 Å².